The van der Waals surface area contributed by atoms with Crippen LogP contribution >= 0.6 is 11.6 Å². The van der Waals surface area contributed by atoms with Crippen molar-refractivity contribution in [3.05, 3.63) is 58.6 Å². The zero-order valence-electron chi connectivity index (χ0n) is 14.0. The Labute approximate surface area is 150 Å². The molecule has 25 heavy (non-hydrogen) atoms. The Bertz CT molecular complexity index is 834. The molecule has 1 aliphatic heterocycles. The molecule has 0 bridgehead atoms. The molecule has 5 nitrogen and oxygen atoms in total. The molecule has 0 aliphatic carbocycles. The number of methoxy groups -OCH3 is 1. The highest BCUT2D eigenvalue weighted by Crippen LogP contribution is 2.43. The van der Waals surface area contributed by atoms with Crippen molar-refractivity contribution in [1.29, 1.82) is 0 Å². The highest BCUT2D eigenvalue weighted by Gasteiger charge is 2.50. The van der Waals surface area contributed by atoms with Crippen LogP contribution < -0.4 is 9.64 Å². The van der Waals surface area contributed by atoms with Crippen LogP contribution in [0.5, 0.6) is 5.75 Å². The van der Waals surface area contributed by atoms with Gasteiger partial charge in [-0.1, -0.05) is 11.6 Å². The average Bonchev–Trinajstić information content (AvgIpc) is 2.82. The Morgan fingerprint density at radius 1 is 1.24 bits per heavy atom. The van der Waals surface area contributed by atoms with Crippen molar-refractivity contribution in [3.63, 3.8) is 0 Å². The van der Waals surface area contributed by atoms with Gasteiger partial charge in [-0.3, -0.25) is 9.59 Å². The summed E-state index contributed by atoms with van der Waals surface area (Å²) in [6.07, 6.45) is -0.345. The third kappa shape index (κ3) is 2.90. The number of amides is 1. The van der Waals surface area contributed by atoms with Crippen LogP contribution in [0.25, 0.3) is 0 Å². The highest BCUT2D eigenvalue weighted by atomic mass is 35.5. The molecule has 1 N–H and O–H groups in total. The van der Waals surface area contributed by atoms with Gasteiger partial charge in [-0.15, -0.1) is 0 Å². The van der Waals surface area contributed by atoms with Gasteiger partial charge < -0.3 is 14.7 Å². The molecule has 6 heteroatoms. The van der Waals surface area contributed by atoms with Gasteiger partial charge in [0.25, 0.3) is 5.91 Å². The van der Waals surface area contributed by atoms with Gasteiger partial charge >= 0.3 is 0 Å². The van der Waals surface area contributed by atoms with Gasteiger partial charge in [-0.05, 0) is 49.4 Å². The summed E-state index contributed by atoms with van der Waals surface area (Å²) >= 11 is 6.04. The number of halogens is 1. The van der Waals surface area contributed by atoms with E-state index in [0.717, 1.165) is 0 Å². The lowest BCUT2D eigenvalue weighted by atomic mass is 9.88. The van der Waals surface area contributed by atoms with E-state index in [4.69, 9.17) is 16.3 Å². The van der Waals surface area contributed by atoms with Gasteiger partial charge in [-0.25, -0.2) is 0 Å². The molecule has 1 heterocycles. The molecule has 1 amide bonds. The van der Waals surface area contributed by atoms with Gasteiger partial charge in [0.2, 0.25) is 0 Å². The second-order valence-corrected chi connectivity index (χ2v) is 6.34. The second kappa shape index (κ2) is 6.50. The van der Waals surface area contributed by atoms with Crippen molar-refractivity contribution in [1.82, 2.24) is 0 Å². The fraction of sp³-hybridized carbons (Fsp3) is 0.263. The highest BCUT2D eigenvalue weighted by molar-refractivity contribution is 6.31. The predicted octanol–water partition coefficient (Wildman–Crippen LogP) is 3.18. The van der Waals surface area contributed by atoms with Crippen LogP contribution in [0.3, 0.4) is 0 Å². The van der Waals surface area contributed by atoms with E-state index in [2.05, 4.69) is 0 Å². The Balaban J connectivity index is 1.96. The summed E-state index contributed by atoms with van der Waals surface area (Å²) in [5.41, 5.74) is -0.552. The lowest BCUT2D eigenvalue weighted by molar-refractivity contribution is -0.135. The lowest BCUT2D eigenvalue weighted by Crippen LogP contribution is -2.41. The molecule has 130 valence electrons. The Hall–Kier alpha value is -2.37. The summed E-state index contributed by atoms with van der Waals surface area (Å²) < 4.78 is 5.07. The van der Waals surface area contributed by atoms with E-state index in [-0.39, 0.29) is 12.2 Å². The molecule has 2 aromatic carbocycles. The Morgan fingerprint density at radius 2 is 1.92 bits per heavy atom. The molecule has 0 radical (unpaired) electrons. The van der Waals surface area contributed by atoms with Crippen LogP contribution in [0.4, 0.5) is 5.69 Å². The number of hydrogen-bond acceptors (Lipinski definition) is 4. The van der Waals surface area contributed by atoms with Gasteiger partial charge in [0, 0.05) is 22.7 Å². The maximum Gasteiger partial charge on any atom is 0.264 e. The lowest BCUT2D eigenvalue weighted by Gasteiger charge is -2.22. The third-order valence-electron chi connectivity index (χ3n) is 4.44. The molecule has 2 aromatic rings. The van der Waals surface area contributed by atoms with Crippen molar-refractivity contribution in [2.75, 3.05) is 18.6 Å². The summed E-state index contributed by atoms with van der Waals surface area (Å²) in [6, 6.07) is 11.4. The summed E-state index contributed by atoms with van der Waals surface area (Å²) in [4.78, 5) is 26.9. The number of aliphatic hydroxyl groups is 1. The molecule has 0 saturated heterocycles. The largest absolute Gasteiger partial charge is 0.497 e. The number of hydrogen-bond donors (Lipinski definition) is 1. The topological polar surface area (TPSA) is 66.8 Å². The first kappa shape index (κ1) is 17.5. The second-order valence-electron chi connectivity index (χ2n) is 5.90. The Morgan fingerprint density at radius 3 is 2.52 bits per heavy atom. The zero-order chi connectivity index (χ0) is 18.2. The number of ketones is 1. The van der Waals surface area contributed by atoms with Crippen molar-refractivity contribution < 1.29 is 19.4 Å². The first-order valence-corrected chi connectivity index (χ1v) is 8.30. The summed E-state index contributed by atoms with van der Waals surface area (Å²) in [5, 5.41) is 11.5. The molecule has 1 unspecified atom stereocenters. The number of fused-ring (bicyclic) bond motifs is 1. The quantitative estimate of drug-likeness (QED) is 0.833. The van der Waals surface area contributed by atoms with E-state index in [0.29, 0.717) is 34.1 Å². The summed E-state index contributed by atoms with van der Waals surface area (Å²) in [5.74, 6) is -0.210. The maximum absolute atomic E-state index is 12.8. The van der Waals surface area contributed by atoms with Crippen molar-refractivity contribution in [2.24, 2.45) is 0 Å². The normalized spacial score (nSPS) is 19.0. The first-order chi connectivity index (χ1) is 11.9. The Kier molecular flexibility index (Phi) is 4.54. The molecule has 1 aliphatic rings. The molecular weight excluding hydrogens is 342 g/mol. The van der Waals surface area contributed by atoms with Gasteiger partial charge in [-0.2, -0.15) is 0 Å². The van der Waals surface area contributed by atoms with E-state index >= 15 is 0 Å². The number of benzene rings is 2. The van der Waals surface area contributed by atoms with Gasteiger partial charge in [0.1, 0.15) is 5.75 Å². The fourth-order valence-corrected chi connectivity index (χ4v) is 3.29. The van der Waals surface area contributed by atoms with Crippen molar-refractivity contribution >= 4 is 29.0 Å². The van der Waals surface area contributed by atoms with Crippen molar-refractivity contribution in [2.45, 2.75) is 18.9 Å². The molecule has 0 spiro atoms. The third-order valence-corrected chi connectivity index (χ3v) is 4.67. The number of carbonyl (C=O) groups excluding carboxylic acids is 2. The van der Waals surface area contributed by atoms with Crippen molar-refractivity contribution in [3.8, 4) is 5.75 Å². The average molecular weight is 360 g/mol. The van der Waals surface area contributed by atoms with E-state index in [1.165, 1.54) is 12.0 Å². The number of rotatable bonds is 5. The molecule has 0 saturated carbocycles. The minimum absolute atomic E-state index is 0.331. The first-order valence-electron chi connectivity index (χ1n) is 7.92. The number of Topliss-reactive ketones (excluding diaryl/α,β-unsaturated/α-hetero) is 1. The smallest absolute Gasteiger partial charge is 0.264 e. The summed E-state index contributed by atoms with van der Waals surface area (Å²) in [6.45, 7) is 2.21. The number of nitrogens with zero attached hydrogens (tertiary/aromatic N) is 1. The van der Waals surface area contributed by atoms with E-state index in [1.807, 2.05) is 6.92 Å². The fourth-order valence-electron chi connectivity index (χ4n) is 3.12. The number of anilines is 1. The summed E-state index contributed by atoms with van der Waals surface area (Å²) in [7, 11) is 1.54. The van der Waals surface area contributed by atoms with Gasteiger partial charge in [0.15, 0.2) is 11.4 Å². The van der Waals surface area contributed by atoms with Crippen LogP contribution in [0.1, 0.15) is 29.3 Å². The molecular formula is C19H18ClNO4. The molecule has 1 atom stereocenters. The van der Waals surface area contributed by atoms with E-state index < -0.39 is 11.5 Å². The van der Waals surface area contributed by atoms with E-state index in [1.54, 1.807) is 42.5 Å². The van der Waals surface area contributed by atoms with Crippen LogP contribution in [0.15, 0.2) is 42.5 Å². The number of carbonyl (C=O) groups is 2. The van der Waals surface area contributed by atoms with E-state index in [9.17, 15) is 14.7 Å². The molecule has 0 aromatic heterocycles. The van der Waals surface area contributed by atoms with Crippen LogP contribution in [-0.2, 0) is 10.4 Å². The standard InChI is InChI=1S/C19H18ClNO4/c1-3-21-16-9-6-13(20)10-15(16)19(24,18(21)23)11-17(22)12-4-7-14(25-2)8-5-12/h4-10,24H,3,11H2,1-2H3. The molecule has 0 fully saturated rings. The minimum atomic E-state index is -1.91. The van der Waals surface area contributed by atoms with Gasteiger partial charge in [0.05, 0.1) is 19.2 Å². The maximum atomic E-state index is 12.8. The SMILES string of the molecule is CCN1C(=O)C(O)(CC(=O)c2ccc(OC)cc2)c2cc(Cl)ccc21. The molecule has 3 rings (SSSR count). The van der Waals surface area contributed by atoms with Crippen LogP contribution in [-0.4, -0.2) is 30.5 Å². The number of likely N-dealkylation sites (N-methyl/N-ethyl adjacent to an activating group) is 1. The van der Waals surface area contributed by atoms with Crippen LogP contribution in [0, 0.1) is 0 Å². The van der Waals surface area contributed by atoms with Crippen LogP contribution in [0.2, 0.25) is 5.02 Å². The zero-order valence-corrected chi connectivity index (χ0v) is 14.7. The monoisotopic (exact) mass is 359 g/mol. The number of ether oxygens (including phenoxy) is 1. The predicted molar refractivity (Wildman–Crippen MR) is 95.3 cm³/mol. The minimum Gasteiger partial charge on any atom is -0.497 e.